The third kappa shape index (κ3) is 5.21. The van der Waals surface area contributed by atoms with Crippen LogP contribution in [0.2, 0.25) is 10.0 Å². The van der Waals surface area contributed by atoms with Gasteiger partial charge in [-0.05, 0) is 76.3 Å². The molecule has 3 rings (SSSR count). The third-order valence-corrected chi connectivity index (χ3v) is 6.05. The van der Waals surface area contributed by atoms with Crippen molar-refractivity contribution in [1.29, 1.82) is 0 Å². The number of nitrogens with zero attached hydrogens (tertiary/aromatic N) is 1. The average molecular weight is 573 g/mol. The molecule has 0 atom stereocenters. The highest BCUT2D eigenvalue weighted by molar-refractivity contribution is 14.1. The number of nitrogens with one attached hydrogen (secondary N) is 1. The van der Waals surface area contributed by atoms with Crippen LogP contribution in [0.5, 0.6) is 5.75 Å². The molecule has 0 aliphatic carbocycles. The first kappa shape index (κ1) is 22.7. The van der Waals surface area contributed by atoms with Gasteiger partial charge in [0.2, 0.25) is 0 Å². The predicted molar refractivity (Wildman–Crippen MR) is 131 cm³/mol. The smallest absolute Gasteiger partial charge is 0.265 e. The number of benzene rings is 2. The summed E-state index contributed by atoms with van der Waals surface area (Å²) in [6.07, 6.45) is 3.07. The minimum atomic E-state index is -0.528. The Kier molecular flexibility index (Phi) is 7.51. The van der Waals surface area contributed by atoms with E-state index in [1.165, 1.54) is 11.0 Å². The Balaban J connectivity index is 1.77. The van der Waals surface area contributed by atoms with E-state index >= 15 is 0 Å². The molecular formula is C21H15Cl2IN2O3S. The van der Waals surface area contributed by atoms with Crippen LogP contribution in [0.4, 0.5) is 0 Å². The van der Waals surface area contributed by atoms with Crippen molar-refractivity contribution in [2.75, 3.05) is 6.54 Å². The summed E-state index contributed by atoms with van der Waals surface area (Å²) in [7, 11) is 0. The van der Waals surface area contributed by atoms with E-state index in [2.05, 4.69) is 34.5 Å². The fourth-order valence-electron chi connectivity index (χ4n) is 2.67. The molecule has 0 saturated carbocycles. The molecular weight excluding hydrogens is 558 g/mol. The number of carbonyl (C=O) groups is 2. The zero-order chi connectivity index (χ0) is 21.8. The zero-order valence-corrected chi connectivity index (χ0v) is 19.9. The fourth-order valence-corrected chi connectivity index (χ4v) is 3.94. The Morgan fingerprint density at radius 3 is 2.60 bits per heavy atom. The molecule has 1 fully saturated rings. The van der Waals surface area contributed by atoms with Gasteiger partial charge in [0.15, 0.2) is 5.11 Å². The molecule has 1 aliphatic heterocycles. The van der Waals surface area contributed by atoms with Crippen LogP contribution in [-0.4, -0.2) is 28.4 Å². The van der Waals surface area contributed by atoms with Crippen molar-refractivity contribution in [2.45, 2.75) is 6.61 Å². The van der Waals surface area contributed by atoms with Gasteiger partial charge in [0.05, 0.1) is 13.6 Å². The van der Waals surface area contributed by atoms with E-state index in [1.54, 1.807) is 30.3 Å². The van der Waals surface area contributed by atoms with E-state index in [4.69, 9.17) is 40.2 Å². The molecule has 30 heavy (non-hydrogen) atoms. The Hall–Kier alpha value is -1.94. The molecule has 0 aromatic heterocycles. The molecule has 1 heterocycles. The largest absolute Gasteiger partial charge is 0.488 e. The quantitative estimate of drug-likeness (QED) is 0.174. The summed E-state index contributed by atoms with van der Waals surface area (Å²) in [6, 6.07) is 10.7. The molecule has 5 nitrogen and oxygen atoms in total. The molecule has 2 aromatic carbocycles. The number of carbonyl (C=O) groups excluding carboxylic acids is 2. The molecule has 0 bridgehead atoms. The first-order valence-electron chi connectivity index (χ1n) is 8.66. The van der Waals surface area contributed by atoms with Gasteiger partial charge in [0.1, 0.15) is 17.9 Å². The SMILES string of the molecule is C=CCN1C(=O)/C(=C/c2ccc(OCc3ccc(Cl)c(Cl)c3)c(I)c2)C(=O)NC1=S. The molecule has 0 radical (unpaired) electrons. The topological polar surface area (TPSA) is 58.6 Å². The number of hydrogen-bond donors (Lipinski definition) is 1. The molecule has 1 N–H and O–H groups in total. The van der Waals surface area contributed by atoms with Gasteiger partial charge in [0.25, 0.3) is 11.8 Å². The maximum absolute atomic E-state index is 12.6. The van der Waals surface area contributed by atoms with Gasteiger partial charge in [-0.3, -0.25) is 19.8 Å². The van der Waals surface area contributed by atoms with E-state index in [-0.39, 0.29) is 17.2 Å². The minimum absolute atomic E-state index is 0.00530. The van der Waals surface area contributed by atoms with E-state index in [0.717, 1.165) is 9.13 Å². The van der Waals surface area contributed by atoms with Gasteiger partial charge >= 0.3 is 0 Å². The monoisotopic (exact) mass is 572 g/mol. The third-order valence-electron chi connectivity index (χ3n) is 4.14. The lowest BCUT2D eigenvalue weighted by Crippen LogP contribution is -2.53. The van der Waals surface area contributed by atoms with E-state index in [0.29, 0.717) is 28.0 Å². The van der Waals surface area contributed by atoms with Gasteiger partial charge in [-0.25, -0.2) is 0 Å². The van der Waals surface area contributed by atoms with Crippen LogP contribution >= 0.6 is 58.0 Å². The standard InChI is InChI=1S/C21H15Cl2IN2O3S/c1-2-7-26-20(28)14(19(27)25-21(26)30)8-12-4-6-18(17(24)10-12)29-11-13-3-5-15(22)16(23)9-13/h2-6,8-10H,1,7,11H2,(H,25,27,30)/b14-8+. The number of rotatable bonds is 6. The summed E-state index contributed by atoms with van der Waals surface area (Å²) in [5.74, 6) is -0.323. The van der Waals surface area contributed by atoms with Crippen molar-refractivity contribution in [3.63, 3.8) is 0 Å². The van der Waals surface area contributed by atoms with Crippen molar-refractivity contribution >= 4 is 81.0 Å². The van der Waals surface area contributed by atoms with Gasteiger partial charge < -0.3 is 4.74 Å². The van der Waals surface area contributed by atoms with E-state index < -0.39 is 11.8 Å². The summed E-state index contributed by atoms with van der Waals surface area (Å²) < 4.78 is 6.68. The number of amides is 2. The lowest BCUT2D eigenvalue weighted by molar-refractivity contribution is -0.128. The summed E-state index contributed by atoms with van der Waals surface area (Å²) >= 11 is 19.1. The molecule has 1 aliphatic rings. The Morgan fingerprint density at radius 1 is 1.17 bits per heavy atom. The summed E-state index contributed by atoms with van der Waals surface area (Å²) in [5.41, 5.74) is 1.58. The van der Waals surface area contributed by atoms with Crippen molar-refractivity contribution in [3.8, 4) is 5.75 Å². The minimum Gasteiger partial charge on any atom is -0.488 e. The maximum atomic E-state index is 12.6. The van der Waals surface area contributed by atoms with Crippen LogP contribution < -0.4 is 10.1 Å². The second-order valence-corrected chi connectivity index (χ2v) is 8.61. The number of thiocarbonyl (C=S) groups is 1. The summed E-state index contributed by atoms with van der Waals surface area (Å²) in [4.78, 5) is 26.2. The fraction of sp³-hybridized carbons (Fsp3) is 0.0952. The van der Waals surface area contributed by atoms with E-state index in [9.17, 15) is 9.59 Å². The first-order chi connectivity index (χ1) is 14.3. The van der Waals surface area contributed by atoms with Crippen molar-refractivity contribution in [2.24, 2.45) is 0 Å². The van der Waals surface area contributed by atoms with Crippen LogP contribution in [-0.2, 0) is 16.2 Å². The molecule has 2 aromatic rings. The highest BCUT2D eigenvalue weighted by atomic mass is 127. The van der Waals surface area contributed by atoms with Crippen molar-refractivity contribution < 1.29 is 14.3 Å². The lowest BCUT2D eigenvalue weighted by atomic mass is 10.1. The number of halogens is 3. The number of hydrogen-bond acceptors (Lipinski definition) is 4. The van der Waals surface area contributed by atoms with Crippen LogP contribution in [0.3, 0.4) is 0 Å². The maximum Gasteiger partial charge on any atom is 0.265 e. The zero-order valence-electron chi connectivity index (χ0n) is 15.5. The van der Waals surface area contributed by atoms with Gasteiger partial charge in [-0.15, -0.1) is 6.58 Å². The lowest BCUT2D eigenvalue weighted by Gasteiger charge is -2.27. The van der Waals surface area contributed by atoms with Gasteiger partial charge in [-0.1, -0.05) is 41.4 Å². The second-order valence-electron chi connectivity index (χ2n) is 6.25. The normalized spacial score (nSPS) is 15.4. The second kappa shape index (κ2) is 9.91. The van der Waals surface area contributed by atoms with Crippen LogP contribution in [0.15, 0.2) is 54.6 Å². The van der Waals surface area contributed by atoms with Crippen molar-refractivity contribution in [3.05, 3.63) is 79.4 Å². The summed E-state index contributed by atoms with van der Waals surface area (Å²) in [5, 5.41) is 3.55. The Labute approximate surface area is 202 Å². The van der Waals surface area contributed by atoms with Gasteiger partial charge in [-0.2, -0.15) is 0 Å². The van der Waals surface area contributed by atoms with Crippen LogP contribution in [0.25, 0.3) is 6.08 Å². The van der Waals surface area contributed by atoms with E-state index in [1.807, 2.05) is 12.1 Å². The molecule has 0 unspecified atom stereocenters. The van der Waals surface area contributed by atoms with Crippen LogP contribution in [0.1, 0.15) is 11.1 Å². The van der Waals surface area contributed by atoms with Crippen molar-refractivity contribution in [1.82, 2.24) is 10.2 Å². The van der Waals surface area contributed by atoms with Gasteiger partial charge in [0, 0.05) is 6.54 Å². The average Bonchev–Trinajstić information content (AvgIpc) is 2.70. The molecule has 1 saturated heterocycles. The molecule has 9 heteroatoms. The highest BCUT2D eigenvalue weighted by Crippen LogP contribution is 2.27. The predicted octanol–water partition coefficient (Wildman–Crippen LogP) is 4.99. The van der Waals surface area contributed by atoms with Crippen LogP contribution in [0, 0.1) is 3.57 Å². The number of ether oxygens (including phenoxy) is 1. The molecule has 0 spiro atoms. The molecule has 154 valence electrons. The highest BCUT2D eigenvalue weighted by Gasteiger charge is 2.32. The summed E-state index contributed by atoms with van der Waals surface area (Å²) in [6.45, 7) is 4.15. The first-order valence-corrected chi connectivity index (χ1v) is 10.9. The Morgan fingerprint density at radius 2 is 1.93 bits per heavy atom. The Bertz CT molecular complexity index is 1090. The molecule has 2 amide bonds.